The summed E-state index contributed by atoms with van der Waals surface area (Å²) in [6.07, 6.45) is 1.47. The van der Waals surface area contributed by atoms with Crippen molar-refractivity contribution in [1.29, 1.82) is 5.26 Å². The van der Waals surface area contributed by atoms with Crippen molar-refractivity contribution >= 4 is 45.9 Å². The summed E-state index contributed by atoms with van der Waals surface area (Å²) in [7, 11) is 1.49. The lowest BCUT2D eigenvalue weighted by atomic mass is 10.1. The van der Waals surface area contributed by atoms with Crippen LogP contribution in [0.2, 0.25) is 0 Å². The van der Waals surface area contributed by atoms with Crippen molar-refractivity contribution < 1.29 is 23.9 Å². The van der Waals surface area contributed by atoms with Crippen molar-refractivity contribution in [3.63, 3.8) is 0 Å². The Kier molecular flexibility index (Phi) is 9.90. The number of hydrogen-bond donors (Lipinski definition) is 1. The number of nitro benzene ring substituents is 1. The summed E-state index contributed by atoms with van der Waals surface area (Å²) in [6.45, 7) is 0.596. The summed E-state index contributed by atoms with van der Waals surface area (Å²) in [6, 6.07) is 28.1. The van der Waals surface area contributed by atoms with Gasteiger partial charge in [-0.1, -0.05) is 30.3 Å². The van der Waals surface area contributed by atoms with Crippen LogP contribution in [0.5, 0.6) is 17.2 Å². The lowest BCUT2D eigenvalue weighted by molar-refractivity contribution is -0.384. The molecule has 10 heteroatoms. The summed E-state index contributed by atoms with van der Waals surface area (Å²) in [5.41, 5.74) is 2.79. The van der Waals surface area contributed by atoms with Crippen molar-refractivity contribution in [2.24, 2.45) is 0 Å². The highest BCUT2D eigenvalue weighted by Crippen LogP contribution is 2.35. The number of rotatable bonds is 11. The smallest absolute Gasteiger partial charge is 0.269 e. The summed E-state index contributed by atoms with van der Waals surface area (Å²) in [5, 5.41) is 23.3. The molecule has 41 heavy (non-hydrogen) atoms. The number of nitro groups is 1. The van der Waals surface area contributed by atoms with Crippen LogP contribution in [-0.2, 0) is 18.0 Å². The third kappa shape index (κ3) is 8.06. The monoisotopic (exact) mass is 661 g/mol. The van der Waals surface area contributed by atoms with Gasteiger partial charge in [0.2, 0.25) is 0 Å². The number of nitrogens with zero attached hydrogens (tertiary/aromatic N) is 2. The molecule has 4 aromatic rings. The maximum atomic E-state index is 12.8. The quantitative estimate of drug-likeness (QED) is 0.0609. The molecule has 4 rings (SSSR count). The van der Waals surface area contributed by atoms with Crippen molar-refractivity contribution in [1.82, 2.24) is 0 Å². The molecule has 0 saturated heterocycles. The van der Waals surface area contributed by atoms with E-state index in [1.807, 2.05) is 36.4 Å². The van der Waals surface area contributed by atoms with Crippen LogP contribution in [0.4, 0.5) is 11.4 Å². The summed E-state index contributed by atoms with van der Waals surface area (Å²) in [4.78, 5) is 23.2. The molecule has 0 heterocycles. The van der Waals surface area contributed by atoms with Crippen LogP contribution in [0, 0.1) is 25.0 Å². The van der Waals surface area contributed by atoms with E-state index in [0.29, 0.717) is 38.7 Å². The third-order valence-corrected chi connectivity index (χ3v) is 6.62. The predicted molar refractivity (Wildman–Crippen MR) is 163 cm³/mol. The first-order chi connectivity index (χ1) is 19.9. The number of halogens is 1. The molecule has 1 amide bonds. The molecule has 9 nitrogen and oxygen atoms in total. The second kappa shape index (κ2) is 14.0. The lowest BCUT2D eigenvalue weighted by Crippen LogP contribution is -2.13. The van der Waals surface area contributed by atoms with Crippen LogP contribution in [0.15, 0.2) is 96.6 Å². The fraction of sp³-hybridized carbons (Fsp3) is 0.0968. The summed E-state index contributed by atoms with van der Waals surface area (Å²) in [5.74, 6) is 0.980. The van der Waals surface area contributed by atoms with E-state index in [1.54, 1.807) is 48.5 Å². The van der Waals surface area contributed by atoms with Gasteiger partial charge in [0.25, 0.3) is 11.6 Å². The summed E-state index contributed by atoms with van der Waals surface area (Å²) >= 11 is 2.08. The van der Waals surface area contributed by atoms with Gasteiger partial charge in [-0.25, -0.2) is 0 Å². The zero-order valence-electron chi connectivity index (χ0n) is 21.9. The van der Waals surface area contributed by atoms with Crippen LogP contribution < -0.4 is 19.5 Å². The molecule has 0 spiro atoms. The number of ether oxygens (including phenoxy) is 3. The molecule has 4 aromatic carbocycles. The first-order valence-corrected chi connectivity index (χ1v) is 13.4. The van der Waals surface area contributed by atoms with Gasteiger partial charge >= 0.3 is 0 Å². The topological polar surface area (TPSA) is 124 Å². The Hall–Kier alpha value is -4.89. The number of carbonyl (C=O) groups is 1. The molecule has 0 fully saturated rings. The molecule has 0 unspecified atom stereocenters. The van der Waals surface area contributed by atoms with Crippen molar-refractivity contribution in [3.05, 3.63) is 127 Å². The van der Waals surface area contributed by atoms with E-state index < -0.39 is 10.8 Å². The Morgan fingerprint density at radius 1 is 0.976 bits per heavy atom. The Morgan fingerprint density at radius 3 is 2.27 bits per heavy atom. The van der Waals surface area contributed by atoms with Gasteiger partial charge in [-0.3, -0.25) is 14.9 Å². The summed E-state index contributed by atoms with van der Waals surface area (Å²) < 4.78 is 17.9. The minimum Gasteiger partial charge on any atom is -0.493 e. The Balaban J connectivity index is 1.41. The first-order valence-electron chi connectivity index (χ1n) is 12.3. The Bertz CT molecular complexity index is 1600. The number of carbonyl (C=O) groups excluding carboxylic acids is 1. The molecule has 0 aliphatic rings. The van der Waals surface area contributed by atoms with E-state index in [4.69, 9.17) is 14.2 Å². The number of nitrogens with one attached hydrogen (secondary N) is 1. The highest BCUT2D eigenvalue weighted by atomic mass is 127. The van der Waals surface area contributed by atoms with Gasteiger partial charge in [-0.15, -0.1) is 0 Å². The largest absolute Gasteiger partial charge is 0.493 e. The number of benzene rings is 4. The van der Waals surface area contributed by atoms with E-state index in [0.717, 1.165) is 11.1 Å². The highest BCUT2D eigenvalue weighted by Gasteiger charge is 2.15. The fourth-order valence-electron chi connectivity index (χ4n) is 3.72. The average Bonchev–Trinajstić information content (AvgIpc) is 2.99. The maximum Gasteiger partial charge on any atom is 0.269 e. The predicted octanol–water partition coefficient (Wildman–Crippen LogP) is 6.91. The van der Waals surface area contributed by atoms with Gasteiger partial charge in [-0.05, 0) is 93.9 Å². The number of nitriles is 1. The molecule has 0 atom stereocenters. The van der Waals surface area contributed by atoms with Crippen molar-refractivity contribution in [2.75, 3.05) is 12.4 Å². The van der Waals surface area contributed by atoms with Crippen LogP contribution in [-0.4, -0.2) is 17.9 Å². The Morgan fingerprint density at radius 2 is 1.63 bits per heavy atom. The second-order valence-electron chi connectivity index (χ2n) is 8.67. The number of hydrogen-bond acceptors (Lipinski definition) is 7. The molecule has 1 N–H and O–H groups in total. The van der Waals surface area contributed by atoms with Gasteiger partial charge < -0.3 is 19.5 Å². The molecular weight excluding hydrogens is 637 g/mol. The number of methoxy groups -OCH3 is 1. The third-order valence-electron chi connectivity index (χ3n) is 5.82. The van der Waals surface area contributed by atoms with Crippen LogP contribution in [0.25, 0.3) is 6.08 Å². The van der Waals surface area contributed by atoms with Crippen LogP contribution in [0.3, 0.4) is 0 Å². The van der Waals surface area contributed by atoms with Crippen molar-refractivity contribution in [2.45, 2.75) is 13.2 Å². The van der Waals surface area contributed by atoms with Crippen LogP contribution >= 0.6 is 22.6 Å². The molecule has 0 bridgehead atoms. The lowest BCUT2D eigenvalue weighted by Gasteiger charge is -2.14. The van der Waals surface area contributed by atoms with Gasteiger partial charge in [0, 0.05) is 17.8 Å². The van der Waals surface area contributed by atoms with Crippen molar-refractivity contribution in [3.8, 4) is 23.3 Å². The zero-order chi connectivity index (χ0) is 29.2. The molecule has 0 aliphatic carbocycles. The SMILES string of the molecule is COc1cc(/C=C(\C#N)C(=O)Nc2ccc(OCc3ccccc3)cc2)cc(I)c1OCc1ccc([N+](=O)[O-])cc1. The molecular formula is C31H24IN3O6. The number of amides is 1. The van der Waals surface area contributed by atoms with Gasteiger partial charge in [0.1, 0.15) is 30.6 Å². The highest BCUT2D eigenvalue weighted by molar-refractivity contribution is 14.1. The maximum absolute atomic E-state index is 12.8. The molecule has 0 aromatic heterocycles. The minimum atomic E-state index is -0.557. The average molecular weight is 661 g/mol. The zero-order valence-corrected chi connectivity index (χ0v) is 24.0. The standard InChI is InChI=1S/C31H24IN3O6/c1-39-29-17-23(16-28(32)30(29)41-20-22-7-11-26(12-8-22)35(37)38)15-24(18-33)31(36)34-25-9-13-27(14-10-25)40-19-21-5-3-2-4-6-21/h2-17H,19-20H2,1H3,(H,34,36)/b24-15+. The van der Waals surface area contributed by atoms with E-state index in [1.165, 1.54) is 25.3 Å². The molecule has 206 valence electrons. The van der Waals surface area contributed by atoms with E-state index in [9.17, 15) is 20.2 Å². The number of anilines is 1. The second-order valence-corrected chi connectivity index (χ2v) is 9.83. The number of non-ortho nitro benzene ring substituents is 1. The van der Waals surface area contributed by atoms with E-state index >= 15 is 0 Å². The minimum absolute atomic E-state index is 0.000692. The first kappa shape index (κ1) is 29.1. The van der Waals surface area contributed by atoms with Gasteiger partial charge in [0.15, 0.2) is 11.5 Å². The van der Waals surface area contributed by atoms with Gasteiger partial charge in [-0.2, -0.15) is 5.26 Å². The van der Waals surface area contributed by atoms with E-state index in [-0.39, 0.29) is 17.9 Å². The molecule has 0 aliphatic heterocycles. The van der Waals surface area contributed by atoms with E-state index in [2.05, 4.69) is 27.9 Å². The normalized spacial score (nSPS) is 10.8. The molecule has 0 radical (unpaired) electrons. The van der Waals surface area contributed by atoms with Gasteiger partial charge in [0.05, 0.1) is 15.6 Å². The van der Waals surface area contributed by atoms with Crippen LogP contribution in [0.1, 0.15) is 16.7 Å². The fourth-order valence-corrected chi connectivity index (χ4v) is 4.50. The molecule has 0 saturated carbocycles. The Labute approximate surface area is 250 Å².